The Morgan fingerprint density at radius 3 is 2.85 bits per heavy atom. The molecule has 1 rings (SSSR count). The van der Waals surface area contributed by atoms with E-state index in [0.717, 1.165) is 0 Å². The van der Waals surface area contributed by atoms with Gasteiger partial charge in [0.05, 0.1) is 12.4 Å². The molecule has 0 spiro atoms. The Bertz CT molecular complexity index is 287. The van der Waals surface area contributed by atoms with Crippen LogP contribution in [0.2, 0.25) is 0 Å². The van der Waals surface area contributed by atoms with E-state index in [4.69, 9.17) is 0 Å². The smallest absolute Gasteiger partial charge is 0.320 e. The summed E-state index contributed by atoms with van der Waals surface area (Å²) >= 11 is 3.14. The number of halogens is 1. The lowest BCUT2D eigenvalue weighted by Crippen LogP contribution is -2.28. The largest absolute Gasteiger partial charge is 0.338 e. The lowest BCUT2D eigenvalue weighted by Gasteiger charge is -2.03. The van der Waals surface area contributed by atoms with Crippen LogP contribution in [0.25, 0.3) is 0 Å². The molecule has 5 nitrogen and oxygen atoms in total. The number of aromatic nitrogens is 2. The Morgan fingerprint density at radius 1 is 1.54 bits per heavy atom. The number of carbonyl (C=O) groups excluding carboxylic acids is 1. The van der Waals surface area contributed by atoms with E-state index >= 15 is 0 Å². The lowest BCUT2D eigenvalue weighted by molar-refractivity contribution is 0.252. The minimum atomic E-state index is -0.279. The van der Waals surface area contributed by atoms with Crippen molar-refractivity contribution in [1.82, 2.24) is 15.3 Å². The summed E-state index contributed by atoms with van der Waals surface area (Å²) in [4.78, 5) is 18.8. The van der Waals surface area contributed by atoms with E-state index in [-0.39, 0.29) is 6.03 Å². The second-order valence-electron chi connectivity index (χ2n) is 2.21. The monoisotopic (exact) mass is 244 g/mol. The van der Waals surface area contributed by atoms with Gasteiger partial charge in [0.1, 0.15) is 4.60 Å². The van der Waals surface area contributed by atoms with E-state index in [1.807, 2.05) is 6.92 Å². The molecule has 1 aromatic rings. The molecule has 70 valence electrons. The van der Waals surface area contributed by atoms with Crippen molar-refractivity contribution < 1.29 is 4.79 Å². The number of nitrogens with zero attached hydrogens (tertiary/aromatic N) is 2. The normalized spacial score (nSPS) is 9.38. The third-order valence-corrected chi connectivity index (χ3v) is 1.61. The second kappa shape index (κ2) is 4.76. The Morgan fingerprint density at radius 2 is 2.31 bits per heavy atom. The summed E-state index contributed by atoms with van der Waals surface area (Å²) in [5, 5.41) is 5.10. The lowest BCUT2D eigenvalue weighted by atomic mass is 10.6. The third kappa shape index (κ3) is 3.37. The van der Waals surface area contributed by atoms with Crippen molar-refractivity contribution in [2.75, 3.05) is 11.9 Å². The van der Waals surface area contributed by atoms with E-state index in [2.05, 4.69) is 36.5 Å². The van der Waals surface area contributed by atoms with Crippen molar-refractivity contribution in [3.8, 4) is 0 Å². The van der Waals surface area contributed by atoms with E-state index in [1.54, 1.807) is 0 Å². The fourth-order valence-corrected chi connectivity index (χ4v) is 0.903. The van der Waals surface area contributed by atoms with Gasteiger partial charge in [-0.3, -0.25) is 5.32 Å². The van der Waals surface area contributed by atoms with Crippen molar-refractivity contribution in [3.63, 3.8) is 0 Å². The van der Waals surface area contributed by atoms with Crippen LogP contribution in [0.4, 0.5) is 10.6 Å². The molecule has 0 aliphatic carbocycles. The van der Waals surface area contributed by atoms with Gasteiger partial charge in [-0.25, -0.2) is 14.8 Å². The van der Waals surface area contributed by atoms with Crippen LogP contribution in [0.1, 0.15) is 6.92 Å². The first-order chi connectivity index (χ1) is 6.22. The van der Waals surface area contributed by atoms with Crippen molar-refractivity contribution in [3.05, 3.63) is 17.0 Å². The van der Waals surface area contributed by atoms with Crippen LogP contribution in [0.15, 0.2) is 17.0 Å². The molecule has 0 saturated carbocycles. The van der Waals surface area contributed by atoms with Crippen LogP contribution in [0.3, 0.4) is 0 Å². The van der Waals surface area contributed by atoms with Crippen molar-refractivity contribution >= 4 is 27.8 Å². The van der Waals surface area contributed by atoms with Gasteiger partial charge in [-0.15, -0.1) is 0 Å². The summed E-state index contributed by atoms with van der Waals surface area (Å²) in [7, 11) is 0. The van der Waals surface area contributed by atoms with E-state index in [9.17, 15) is 4.79 Å². The molecule has 13 heavy (non-hydrogen) atoms. The molecule has 0 fully saturated rings. The summed E-state index contributed by atoms with van der Waals surface area (Å²) in [6.45, 7) is 2.42. The summed E-state index contributed by atoms with van der Waals surface area (Å²) in [6, 6.07) is -0.279. The van der Waals surface area contributed by atoms with Crippen molar-refractivity contribution in [1.29, 1.82) is 0 Å². The Hall–Kier alpha value is -1.17. The molecule has 2 amide bonds. The molecule has 0 aromatic carbocycles. The fourth-order valence-electron chi connectivity index (χ4n) is 0.698. The topological polar surface area (TPSA) is 66.9 Å². The molecule has 1 heterocycles. The molecule has 0 saturated heterocycles. The molecule has 0 aliphatic heterocycles. The number of nitrogens with one attached hydrogen (secondary N) is 2. The minimum absolute atomic E-state index is 0.279. The highest BCUT2D eigenvalue weighted by Gasteiger charge is 2.00. The molecule has 0 bridgehead atoms. The zero-order valence-electron chi connectivity index (χ0n) is 7.04. The maximum Gasteiger partial charge on any atom is 0.320 e. The first-order valence-corrected chi connectivity index (χ1v) is 4.54. The number of hydrogen-bond donors (Lipinski definition) is 2. The molecular formula is C7H9BrN4O. The standard InChI is InChI=1S/C7H9BrN4O/c1-2-9-7(13)12-6-4-10-5(8)3-11-6/h3-4H,2H2,1H3,(H2,9,11,12,13). The Kier molecular flexibility index (Phi) is 3.63. The third-order valence-electron chi connectivity index (χ3n) is 1.20. The van der Waals surface area contributed by atoms with Crippen LogP contribution in [0.5, 0.6) is 0 Å². The average molecular weight is 245 g/mol. The van der Waals surface area contributed by atoms with Gasteiger partial charge in [0.25, 0.3) is 0 Å². The summed E-state index contributed by atoms with van der Waals surface area (Å²) in [5.74, 6) is 0.425. The van der Waals surface area contributed by atoms with Gasteiger partial charge in [0, 0.05) is 6.54 Å². The molecular weight excluding hydrogens is 236 g/mol. The second-order valence-corrected chi connectivity index (χ2v) is 3.02. The van der Waals surface area contributed by atoms with Gasteiger partial charge < -0.3 is 5.32 Å². The maximum absolute atomic E-state index is 11.0. The van der Waals surface area contributed by atoms with Crippen molar-refractivity contribution in [2.24, 2.45) is 0 Å². The van der Waals surface area contributed by atoms with Crippen LogP contribution < -0.4 is 10.6 Å². The molecule has 6 heteroatoms. The van der Waals surface area contributed by atoms with Gasteiger partial charge in [-0.1, -0.05) is 0 Å². The molecule has 0 radical (unpaired) electrons. The quantitative estimate of drug-likeness (QED) is 0.827. The number of amides is 2. The highest BCUT2D eigenvalue weighted by Crippen LogP contribution is 2.05. The molecule has 0 unspecified atom stereocenters. The highest BCUT2D eigenvalue weighted by molar-refractivity contribution is 9.10. The van der Waals surface area contributed by atoms with Gasteiger partial charge in [-0.2, -0.15) is 0 Å². The maximum atomic E-state index is 11.0. The van der Waals surface area contributed by atoms with E-state index in [0.29, 0.717) is 17.0 Å². The summed E-state index contributed by atoms with van der Waals surface area (Å²) in [5.41, 5.74) is 0. The SMILES string of the molecule is CCNC(=O)Nc1cnc(Br)cn1. The molecule has 0 atom stereocenters. The average Bonchev–Trinajstić information content (AvgIpc) is 2.09. The van der Waals surface area contributed by atoms with Crippen LogP contribution in [-0.2, 0) is 0 Å². The minimum Gasteiger partial charge on any atom is -0.338 e. The number of anilines is 1. The summed E-state index contributed by atoms with van der Waals surface area (Å²) in [6.07, 6.45) is 2.99. The predicted molar refractivity (Wildman–Crippen MR) is 52.4 cm³/mol. The van der Waals surface area contributed by atoms with Crippen LogP contribution >= 0.6 is 15.9 Å². The first kappa shape index (κ1) is 9.91. The van der Waals surface area contributed by atoms with Crippen LogP contribution in [0, 0.1) is 0 Å². The summed E-state index contributed by atoms with van der Waals surface area (Å²) < 4.78 is 0.633. The molecule has 0 aliphatic rings. The fraction of sp³-hybridized carbons (Fsp3) is 0.286. The first-order valence-electron chi connectivity index (χ1n) is 3.74. The van der Waals surface area contributed by atoms with Crippen LogP contribution in [-0.4, -0.2) is 22.5 Å². The predicted octanol–water partition coefficient (Wildman–Crippen LogP) is 1.38. The molecule has 1 aromatic heterocycles. The molecule has 2 N–H and O–H groups in total. The van der Waals surface area contributed by atoms with Gasteiger partial charge in [0.15, 0.2) is 5.82 Å². The van der Waals surface area contributed by atoms with Gasteiger partial charge in [-0.05, 0) is 22.9 Å². The van der Waals surface area contributed by atoms with E-state index < -0.39 is 0 Å². The van der Waals surface area contributed by atoms with Gasteiger partial charge in [0.2, 0.25) is 0 Å². The van der Waals surface area contributed by atoms with E-state index in [1.165, 1.54) is 12.4 Å². The zero-order valence-corrected chi connectivity index (χ0v) is 8.63. The number of hydrogen-bond acceptors (Lipinski definition) is 3. The Balaban J connectivity index is 2.54. The van der Waals surface area contributed by atoms with Gasteiger partial charge >= 0.3 is 6.03 Å². The number of urea groups is 1. The Labute approximate surface area is 84.1 Å². The number of carbonyl (C=O) groups is 1. The number of rotatable bonds is 2. The zero-order chi connectivity index (χ0) is 9.68. The van der Waals surface area contributed by atoms with Crippen molar-refractivity contribution in [2.45, 2.75) is 6.92 Å². The highest BCUT2D eigenvalue weighted by atomic mass is 79.9.